The lowest BCUT2D eigenvalue weighted by Crippen LogP contribution is -2.43. The summed E-state index contributed by atoms with van der Waals surface area (Å²) in [5.41, 5.74) is 6.24. The number of hydrogen-bond donors (Lipinski definition) is 1. The first kappa shape index (κ1) is 16.5. The first-order valence-electron chi connectivity index (χ1n) is 7.90. The summed E-state index contributed by atoms with van der Waals surface area (Å²) < 4.78 is 4.60. The van der Waals surface area contributed by atoms with Crippen LogP contribution in [0.25, 0.3) is 11.2 Å². The largest absolute Gasteiger partial charge is 0.332 e. The van der Waals surface area contributed by atoms with Crippen LogP contribution in [0.4, 0.5) is 0 Å². The molecule has 1 atom stereocenters. The molecule has 22 heavy (non-hydrogen) atoms. The zero-order valence-electron chi connectivity index (χ0n) is 13.8. The van der Waals surface area contributed by atoms with Crippen LogP contribution in [0.1, 0.15) is 39.4 Å². The number of imidazole rings is 1. The quantitative estimate of drug-likeness (QED) is 0.847. The number of hydrogen-bond acceptors (Lipinski definition) is 4. The average molecular weight is 307 g/mol. The highest BCUT2D eigenvalue weighted by atomic mass is 16.2. The van der Waals surface area contributed by atoms with E-state index in [-0.39, 0.29) is 23.8 Å². The van der Waals surface area contributed by atoms with E-state index in [4.69, 9.17) is 5.73 Å². The molecule has 0 aliphatic heterocycles. The van der Waals surface area contributed by atoms with Gasteiger partial charge in [-0.15, -0.1) is 0 Å². The lowest BCUT2D eigenvalue weighted by molar-refractivity contribution is 0.500. The summed E-state index contributed by atoms with van der Waals surface area (Å²) in [6.45, 7) is 6.87. The maximum absolute atomic E-state index is 12.8. The van der Waals surface area contributed by atoms with Crippen molar-refractivity contribution in [1.29, 1.82) is 0 Å². The molecule has 0 spiro atoms. The molecule has 0 aliphatic carbocycles. The number of nitrogens with two attached hydrogens (primary N) is 1. The zero-order valence-corrected chi connectivity index (χ0v) is 13.8. The molecule has 0 amide bonds. The summed E-state index contributed by atoms with van der Waals surface area (Å²) in [5, 5.41) is 0. The molecule has 7 heteroatoms. The Bertz CT molecular complexity index is 784. The topological polar surface area (TPSA) is 87.8 Å². The second-order valence-electron chi connectivity index (χ2n) is 5.62. The Morgan fingerprint density at radius 2 is 1.86 bits per heavy atom. The predicted molar refractivity (Wildman–Crippen MR) is 87.2 cm³/mol. The summed E-state index contributed by atoms with van der Waals surface area (Å²) in [6, 6.07) is -0.212. The van der Waals surface area contributed by atoms with E-state index in [1.54, 1.807) is 7.05 Å². The molecule has 7 nitrogen and oxygen atoms in total. The number of fused-ring (bicyclic) bond motifs is 1. The maximum atomic E-state index is 12.8. The minimum absolute atomic E-state index is 0.212. The van der Waals surface area contributed by atoms with Gasteiger partial charge in [0.25, 0.3) is 5.56 Å². The van der Waals surface area contributed by atoms with Crippen LogP contribution in [0, 0.1) is 0 Å². The van der Waals surface area contributed by atoms with Crippen LogP contribution in [0.2, 0.25) is 0 Å². The van der Waals surface area contributed by atoms with Gasteiger partial charge in [-0.3, -0.25) is 13.9 Å². The molecule has 0 aromatic carbocycles. The third-order valence-corrected chi connectivity index (χ3v) is 4.04. The Morgan fingerprint density at radius 1 is 1.18 bits per heavy atom. The van der Waals surface area contributed by atoms with Crippen molar-refractivity contribution in [2.24, 2.45) is 12.8 Å². The molecular weight excluding hydrogens is 282 g/mol. The number of rotatable bonds is 6. The van der Waals surface area contributed by atoms with E-state index in [1.807, 2.05) is 18.4 Å². The van der Waals surface area contributed by atoms with Crippen molar-refractivity contribution < 1.29 is 0 Å². The van der Waals surface area contributed by atoms with Gasteiger partial charge in [-0.1, -0.05) is 13.8 Å². The zero-order chi connectivity index (χ0) is 16.4. The Morgan fingerprint density at radius 3 is 2.41 bits per heavy atom. The van der Waals surface area contributed by atoms with Crippen LogP contribution in [-0.2, 0) is 26.6 Å². The SMILES string of the molecule is CCCc1nc2c(c(=O)n(CC(N)CC)c(=O)n2C)n1CC. The smallest absolute Gasteiger partial charge is 0.326 e. The van der Waals surface area contributed by atoms with Gasteiger partial charge < -0.3 is 10.3 Å². The minimum atomic E-state index is -0.356. The standard InChI is InChI=1S/C15H25N5O2/c1-5-8-11-17-13-12(19(11)7-3)14(21)20(9-10(16)6-2)15(22)18(13)4/h10H,5-9,16H2,1-4H3. The molecule has 0 saturated carbocycles. The molecule has 1 unspecified atom stereocenters. The highest BCUT2D eigenvalue weighted by Crippen LogP contribution is 2.12. The van der Waals surface area contributed by atoms with Gasteiger partial charge in [0.15, 0.2) is 11.2 Å². The summed E-state index contributed by atoms with van der Waals surface area (Å²) in [4.78, 5) is 29.7. The number of aromatic nitrogens is 4. The second-order valence-corrected chi connectivity index (χ2v) is 5.62. The molecule has 0 fully saturated rings. The molecule has 2 rings (SSSR count). The lowest BCUT2D eigenvalue weighted by atomic mass is 10.2. The molecule has 0 saturated heterocycles. The molecule has 0 radical (unpaired) electrons. The summed E-state index contributed by atoms with van der Waals surface area (Å²) >= 11 is 0. The summed E-state index contributed by atoms with van der Waals surface area (Å²) in [5.74, 6) is 0.852. The summed E-state index contributed by atoms with van der Waals surface area (Å²) in [6.07, 6.45) is 2.43. The number of nitrogens with zero attached hydrogens (tertiary/aromatic N) is 4. The van der Waals surface area contributed by atoms with Gasteiger partial charge in [0.2, 0.25) is 0 Å². The van der Waals surface area contributed by atoms with E-state index in [9.17, 15) is 9.59 Å². The molecule has 2 heterocycles. The van der Waals surface area contributed by atoms with Gasteiger partial charge in [0.05, 0.1) is 0 Å². The van der Waals surface area contributed by atoms with E-state index in [1.165, 1.54) is 9.13 Å². The molecule has 0 aliphatic rings. The average Bonchev–Trinajstić information content (AvgIpc) is 2.88. The van der Waals surface area contributed by atoms with Crippen molar-refractivity contribution in [1.82, 2.24) is 18.7 Å². The van der Waals surface area contributed by atoms with Crippen molar-refractivity contribution >= 4 is 11.2 Å². The van der Waals surface area contributed by atoms with Gasteiger partial charge in [-0.2, -0.15) is 0 Å². The highest BCUT2D eigenvalue weighted by molar-refractivity contribution is 5.71. The van der Waals surface area contributed by atoms with Crippen LogP contribution >= 0.6 is 0 Å². The monoisotopic (exact) mass is 307 g/mol. The van der Waals surface area contributed by atoms with Gasteiger partial charge in [0.1, 0.15) is 5.82 Å². The highest BCUT2D eigenvalue weighted by Gasteiger charge is 2.19. The fraction of sp³-hybridized carbons (Fsp3) is 0.667. The molecule has 0 bridgehead atoms. The second kappa shape index (κ2) is 6.48. The Balaban J connectivity index is 2.80. The minimum Gasteiger partial charge on any atom is -0.326 e. The first-order valence-corrected chi connectivity index (χ1v) is 7.90. The van der Waals surface area contributed by atoms with Crippen LogP contribution in [0.3, 0.4) is 0 Å². The van der Waals surface area contributed by atoms with E-state index in [0.29, 0.717) is 24.1 Å². The first-order chi connectivity index (χ1) is 10.5. The van der Waals surface area contributed by atoms with Crippen LogP contribution < -0.4 is 17.0 Å². The van der Waals surface area contributed by atoms with Crippen molar-refractivity contribution in [3.05, 3.63) is 26.7 Å². The third-order valence-electron chi connectivity index (χ3n) is 4.04. The van der Waals surface area contributed by atoms with Gasteiger partial charge in [-0.05, 0) is 19.8 Å². The lowest BCUT2D eigenvalue weighted by Gasteiger charge is -2.13. The van der Waals surface area contributed by atoms with Crippen molar-refractivity contribution in [3.63, 3.8) is 0 Å². The number of aryl methyl sites for hydroxylation is 3. The predicted octanol–water partition coefficient (Wildman–Crippen LogP) is 0.606. The van der Waals surface area contributed by atoms with Crippen LogP contribution in [-0.4, -0.2) is 24.7 Å². The van der Waals surface area contributed by atoms with Crippen molar-refractivity contribution in [2.75, 3.05) is 0 Å². The van der Waals surface area contributed by atoms with E-state index < -0.39 is 0 Å². The van der Waals surface area contributed by atoms with Gasteiger partial charge in [-0.25, -0.2) is 9.78 Å². The van der Waals surface area contributed by atoms with Crippen LogP contribution in [0.5, 0.6) is 0 Å². The molecule has 2 aromatic heterocycles. The van der Waals surface area contributed by atoms with Gasteiger partial charge in [0, 0.05) is 32.6 Å². The fourth-order valence-electron chi connectivity index (χ4n) is 2.70. The maximum Gasteiger partial charge on any atom is 0.332 e. The van der Waals surface area contributed by atoms with E-state index in [2.05, 4.69) is 11.9 Å². The molecule has 2 N–H and O–H groups in total. The molecule has 2 aromatic rings. The molecule has 122 valence electrons. The fourth-order valence-corrected chi connectivity index (χ4v) is 2.70. The Kier molecular flexibility index (Phi) is 4.85. The van der Waals surface area contributed by atoms with Crippen molar-refractivity contribution in [3.8, 4) is 0 Å². The third kappa shape index (κ3) is 2.61. The molecular formula is C15H25N5O2. The van der Waals surface area contributed by atoms with E-state index >= 15 is 0 Å². The Hall–Kier alpha value is -1.89. The van der Waals surface area contributed by atoms with Gasteiger partial charge >= 0.3 is 5.69 Å². The normalized spacial score (nSPS) is 13.0. The van der Waals surface area contributed by atoms with Crippen molar-refractivity contribution in [2.45, 2.75) is 59.2 Å². The van der Waals surface area contributed by atoms with Crippen LogP contribution in [0.15, 0.2) is 9.59 Å². The Labute approximate surface area is 129 Å². The summed E-state index contributed by atoms with van der Waals surface area (Å²) in [7, 11) is 1.65. The van der Waals surface area contributed by atoms with E-state index in [0.717, 1.165) is 18.7 Å².